The van der Waals surface area contributed by atoms with Crippen LogP contribution < -0.4 is 5.32 Å². The summed E-state index contributed by atoms with van der Waals surface area (Å²) in [6, 6.07) is 28.2. The Labute approximate surface area is 409 Å². The van der Waals surface area contributed by atoms with Gasteiger partial charge in [0.2, 0.25) is 0 Å². The number of halogens is 2. The van der Waals surface area contributed by atoms with Crippen molar-refractivity contribution in [2.75, 3.05) is 32.9 Å². The summed E-state index contributed by atoms with van der Waals surface area (Å²) in [6.45, 7) is 8.20. The number of amides is 1. The van der Waals surface area contributed by atoms with Crippen LogP contribution in [0.2, 0.25) is 8.67 Å². The number of hydrogen-bond acceptors (Lipinski definition) is 11. The lowest BCUT2D eigenvalue weighted by molar-refractivity contribution is 0.0600. The molecular weight excluding hydrogens is 928 g/mol. The molecule has 0 spiro atoms. The largest absolute Gasteiger partial charge is 0.448 e. The lowest BCUT2D eigenvalue weighted by Crippen LogP contribution is -2.35. The molecule has 1 amide bonds. The van der Waals surface area contributed by atoms with Crippen molar-refractivity contribution in [3.05, 3.63) is 137 Å². The molecule has 16 heteroatoms. The fourth-order valence-electron chi connectivity index (χ4n) is 9.01. The maximum atomic E-state index is 13.5. The molecule has 3 aliphatic rings. The summed E-state index contributed by atoms with van der Waals surface area (Å²) in [5.74, 6) is -0.461. The van der Waals surface area contributed by atoms with Crippen LogP contribution in [-0.4, -0.2) is 85.5 Å². The first-order valence-corrected chi connectivity index (χ1v) is 25.4. The second-order valence-corrected chi connectivity index (χ2v) is 22.5. The molecule has 2 saturated heterocycles. The molecule has 2 aliphatic heterocycles. The third kappa shape index (κ3) is 10.8. The predicted molar refractivity (Wildman–Crippen MR) is 265 cm³/mol. The number of hydrogen-bond donors (Lipinski definition) is 3. The number of aliphatic hydroxyl groups excluding tert-OH is 2. The smallest absolute Gasteiger partial charge is 0.410 e. The highest BCUT2D eigenvalue weighted by molar-refractivity contribution is 7.16. The van der Waals surface area contributed by atoms with Crippen molar-refractivity contribution in [2.24, 2.45) is 10.8 Å². The quantitative estimate of drug-likeness (QED) is 0.0969. The van der Waals surface area contributed by atoms with Gasteiger partial charge in [-0.2, -0.15) is 10.2 Å². The highest BCUT2D eigenvalue weighted by Crippen LogP contribution is 2.45. The number of aromatic nitrogens is 4. The minimum atomic E-state index is -0.994. The maximum Gasteiger partial charge on any atom is 0.410 e. The molecule has 9 rings (SSSR count). The molecule has 4 aromatic heterocycles. The van der Waals surface area contributed by atoms with Crippen LogP contribution in [0.4, 0.5) is 4.79 Å². The average Bonchev–Trinajstić information content (AvgIpc) is 4.20. The summed E-state index contributed by atoms with van der Waals surface area (Å²) in [4.78, 5) is 43.9. The minimum absolute atomic E-state index is 0.0164. The fraction of sp³-hybridized carbons (Fsp3) is 0.431. The molecule has 0 saturated carbocycles. The number of nitrogens with one attached hydrogen (secondary N) is 1. The Hall–Kier alpha value is -4.67. The zero-order valence-corrected chi connectivity index (χ0v) is 41.5. The fourth-order valence-corrected chi connectivity index (χ4v) is 11.2. The molecule has 6 heterocycles. The highest BCUT2D eigenvalue weighted by atomic mass is 35.5. The topological polar surface area (TPSA) is 152 Å². The van der Waals surface area contributed by atoms with Crippen LogP contribution in [0.1, 0.15) is 125 Å². The SMILES string of the molecule is CC(C)(CO)C(=O)n1nc(C2CCCN2)cc1CCc1ccc(Cl)s1.CC(C)(CO)C(=O)n1nc(C2CCCN2C(=O)OCC2c3ccccc3-c3ccccc32)cc1CCc1ccc(Cl)s1. The summed E-state index contributed by atoms with van der Waals surface area (Å²) < 4.78 is 10.4. The Morgan fingerprint density at radius 2 is 1.24 bits per heavy atom. The standard InChI is InChI=1S/C33H34ClN3O4S.C18H24ClN3O2S/c1-33(2,20-38)31(39)37-21(13-14-22-15-16-30(34)42-22)18-28(35-37)29-12-7-17-36(29)32(40)41-19-27-25-10-5-3-8-23(25)24-9-4-6-11-26(24)27;1-18(2,11-23)17(24)22-12(5-6-13-7-8-16(19)25-13)10-15(21-22)14-4-3-9-20-14/h3-6,8-11,15-16,18,27,29,38H,7,12-14,17,19-20H2,1-2H3;7-8,10,14,20,23H,3-6,9,11H2,1-2H3. The second-order valence-electron chi connectivity index (χ2n) is 18.9. The first-order valence-electron chi connectivity index (χ1n) is 23.0. The van der Waals surface area contributed by atoms with Gasteiger partial charge in [-0.25, -0.2) is 14.2 Å². The normalized spacial score (nSPS) is 17.0. The number of rotatable bonds is 14. The van der Waals surface area contributed by atoms with Crippen molar-refractivity contribution >= 4 is 63.8 Å². The number of benzene rings is 2. The van der Waals surface area contributed by atoms with Crippen LogP contribution in [-0.2, 0) is 30.4 Å². The minimum Gasteiger partial charge on any atom is -0.448 e. The van der Waals surface area contributed by atoms with E-state index in [2.05, 4.69) is 34.7 Å². The molecule has 1 aliphatic carbocycles. The molecular formula is C51H58Cl2N6O6S2. The molecule has 2 atom stereocenters. The van der Waals surface area contributed by atoms with E-state index in [1.165, 1.54) is 47.8 Å². The number of aliphatic hydroxyl groups is 2. The number of carbonyl (C=O) groups excluding carboxylic acids is 3. The van der Waals surface area contributed by atoms with Crippen LogP contribution in [0.25, 0.3) is 11.1 Å². The van der Waals surface area contributed by atoms with Gasteiger partial charge in [-0.05, 0) is 144 Å². The maximum absolute atomic E-state index is 13.5. The number of ether oxygens (including phenoxy) is 1. The van der Waals surface area contributed by atoms with E-state index in [0.717, 1.165) is 69.3 Å². The number of likely N-dealkylation sites (tertiary alicyclic amines) is 1. The zero-order chi connectivity index (χ0) is 47.5. The van der Waals surface area contributed by atoms with E-state index in [1.807, 2.05) is 60.7 Å². The Balaban J connectivity index is 0.000000207. The van der Waals surface area contributed by atoms with E-state index in [9.17, 15) is 24.6 Å². The van der Waals surface area contributed by atoms with Gasteiger partial charge >= 0.3 is 6.09 Å². The van der Waals surface area contributed by atoms with Gasteiger partial charge in [0.05, 0.1) is 56.2 Å². The van der Waals surface area contributed by atoms with Crippen molar-refractivity contribution in [3.63, 3.8) is 0 Å². The summed E-state index contributed by atoms with van der Waals surface area (Å²) in [5, 5.41) is 32.2. The highest BCUT2D eigenvalue weighted by Gasteiger charge is 2.38. The number of fused-ring (bicyclic) bond motifs is 3. The lowest BCUT2D eigenvalue weighted by atomic mass is 9.93. The Bertz CT molecular complexity index is 2670. The molecule has 12 nitrogen and oxygen atoms in total. The summed E-state index contributed by atoms with van der Waals surface area (Å²) in [5.41, 5.74) is 6.09. The van der Waals surface area contributed by atoms with Gasteiger partial charge in [-0.15, -0.1) is 22.7 Å². The molecule has 354 valence electrons. The molecule has 0 bridgehead atoms. The van der Waals surface area contributed by atoms with Gasteiger partial charge in [0.25, 0.3) is 11.8 Å². The van der Waals surface area contributed by atoms with E-state index in [1.54, 1.807) is 43.9 Å². The monoisotopic (exact) mass is 984 g/mol. The van der Waals surface area contributed by atoms with E-state index in [0.29, 0.717) is 31.5 Å². The Kier molecular flexibility index (Phi) is 15.2. The van der Waals surface area contributed by atoms with Crippen LogP contribution >= 0.6 is 45.9 Å². The van der Waals surface area contributed by atoms with Crippen LogP contribution in [0, 0.1) is 10.8 Å². The average molecular weight is 986 g/mol. The zero-order valence-electron chi connectivity index (χ0n) is 38.3. The van der Waals surface area contributed by atoms with Gasteiger partial charge < -0.3 is 20.3 Å². The van der Waals surface area contributed by atoms with Gasteiger partial charge in [0.1, 0.15) is 6.61 Å². The first-order chi connectivity index (χ1) is 32.2. The number of nitrogens with zero attached hydrogens (tertiary/aromatic N) is 5. The van der Waals surface area contributed by atoms with Crippen molar-refractivity contribution < 1.29 is 29.3 Å². The third-order valence-corrected chi connectivity index (χ3v) is 15.6. The van der Waals surface area contributed by atoms with Gasteiger partial charge in [0, 0.05) is 33.6 Å². The molecule has 2 aromatic carbocycles. The van der Waals surface area contributed by atoms with Crippen LogP contribution in [0.3, 0.4) is 0 Å². The van der Waals surface area contributed by atoms with Crippen molar-refractivity contribution in [2.45, 2.75) is 97.1 Å². The predicted octanol–water partition coefficient (Wildman–Crippen LogP) is 10.6. The Morgan fingerprint density at radius 1 is 0.716 bits per heavy atom. The molecule has 67 heavy (non-hydrogen) atoms. The summed E-state index contributed by atoms with van der Waals surface area (Å²) in [6.07, 6.45) is 6.15. The van der Waals surface area contributed by atoms with E-state index >= 15 is 0 Å². The van der Waals surface area contributed by atoms with Crippen molar-refractivity contribution in [3.8, 4) is 11.1 Å². The summed E-state index contributed by atoms with van der Waals surface area (Å²) >= 11 is 15.2. The molecule has 2 fully saturated rings. The van der Waals surface area contributed by atoms with Crippen molar-refractivity contribution in [1.29, 1.82) is 0 Å². The lowest BCUT2D eigenvalue weighted by Gasteiger charge is -2.24. The second kappa shape index (κ2) is 20.9. The van der Waals surface area contributed by atoms with Gasteiger partial charge in [-0.1, -0.05) is 71.7 Å². The van der Waals surface area contributed by atoms with E-state index < -0.39 is 10.8 Å². The first kappa shape index (κ1) is 48.8. The molecule has 0 radical (unpaired) electrons. The third-order valence-electron chi connectivity index (χ3n) is 13.0. The number of aryl methyl sites for hydroxylation is 4. The van der Waals surface area contributed by atoms with E-state index in [4.69, 9.17) is 33.0 Å². The molecule has 2 unspecified atom stereocenters. The molecule has 3 N–H and O–H groups in total. The summed E-state index contributed by atoms with van der Waals surface area (Å²) in [7, 11) is 0. The van der Waals surface area contributed by atoms with Crippen molar-refractivity contribution in [1.82, 2.24) is 29.8 Å². The Morgan fingerprint density at radius 3 is 1.73 bits per heavy atom. The molecule has 6 aromatic rings. The number of thiophene rings is 2. The van der Waals surface area contributed by atoms with E-state index in [-0.39, 0.29) is 55.7 Å². The van der Waals surface area contributed by atoms with Gasteiger partial charge in [0.15, 0.2) is 0 Å². The van der Waals surface area contributed by atoms with Crippen LogP contribution in [0.15, 0.2) is 84.9 Å². The van der Waals surface area contributed by atoms with Gasteiger partial charge in [-0.3, -0.25) is 14.5 Å². The number of carbonyl (C=O) groups is 3. The van der Waals surface area contributed by atoms with Crippen LogP contribution in [0.5, 0.6) is 0 Å².